The van der Waals surface area contributed by atoms with Crippen molar-refractivity contribution in [1.29, 1.82) is 0 Å². The van der Waals surface area contributed by atoms with Crippen molar-refractivity contribution in [3.8, 4) is 22.8 Å². The lowest BCUT2D eigenvalue weighted by atomic mass is 10.1. The third-order valence-corrected chi connectivity index (χ3v) is 3.04. The highest BCUT2D eigenvalue weighted by molar-refractivity contribution is 5.67. The van der Waals surface area contributed by atoms with Gasteiger partial charge in [0.2, 0.25) is 12.7 Å². The maximum Gasteiger partial charge on any atom is 0.240 e. The molecule has 2 aromatic heterocycles. The zero-order valence-corrected chi connectivity index (χ0v) is 9.91. The highest BCUT2D eigenvalue weighted by atomic mass is 16.7. The van der Waals surface area contributed by atoms with E-state index in [0.29, 0.717) is 5.65 Å². The summed E-state index contributed by atoms with van der Waals surface area (Å²) in [5, 5.41) is 4.19. The van der Waals surface area contributed by atoms with Crippen molar-refractivity contribution < 1.29 is 9.47 Å². The van der Waals surface area contributed by atoms with Crippen LogP contribution in [0.15, 0.2) is 36.4 Å². The molecule has 4 rings (SSSR count). The van der Waals surface area contributed by atoms with Gasteiger partial charge in [-0.25, -0.2) is 4.52 Å². The van der Waals surface area contributed by atoms with Crippen LogP contribution in [0.3, 0.4) is 0 Å². The predicted molar refractivity (Wildman–Crippen MR) is 69.0 cm³/mol. The molecule has 1 aromatic carbocycles. The van der Waals surface area contributed by atoms with Gasteiger partial charge in [-0.15, -0.1) is 5.10 Å². The Kier molecular flexibility index (Phi) is 1.94. The lowest BCUT2D eigenvalue weighted by molar-refractivity contribution is 0.174. The summed E-state index contributed by atoms with van der Waals surface area (Å²) in [5.41, 5.74) is 8.23. The van der Waals surface area contributed by atoms with E-state index in [2.05, 4.69) is 10.1 Å². The molecule has 6 nitrogen and oxygen atoms in total. The summed E-state index contributed by atoms with van der Waals surface area (Å²) in [6.45, 7) is 0.263. The summed E-state index contributed by atoms with van der Waals surface area (Å²) in [6, 6.07) is 11.5. The molecule has 1 aliphatic rings. The number of pyridine rings is 1. The Hall–Kier alpha value is -2.76. The predicted octanol–water partition coefficient (Wildman–Crippen LogP) is 1.71. The van der Waals surface area contributed by atoms with Crippen molar-refractivity contribution in [1.82, 2.24) is 14.6 Å². The number of anilines is 1. The SMILES string of the molecule is Nc1nc2cccc(-c3ccc4c(c3)OCO4)n2n1. The summed E-state index contributed by atoms with van der Waals surface area (Å²) in [7, 11) is 0. The lowest BCUT2D eigenvalue weighted by Gasteiger charge is -2.05. The van der Waals surface area contributed by atoms with Gasteiger partial charge in [-0.2, -0.15) is 4.98 Å². The van der Waals surface area contributed by atoms with Gasteiger partial charge in [0.1, 0.15) is 0 Å². The van der Waals surface area contributed by atoms with Crippen LogP contribution in [-0.2, 0) is 0 Å². The van der Waals surface area contributed by atoms with Crippen LogP contribution in [0.25, 0.3) is 16.9 Å². The second-order valence-corrected chi connectivity index (χ2v) is 4.22. The van der Waals surface area contributed by atoms with E-state index in [0.717, 1.165) is 22.8 Å². The van der Waals surface area contributed by atoms with Crippen LogP contribution in [0.5, 0.6) is 11.5 Å². The van der Waals surface area contributed by atoms with Crippen LogP contribution >= 0.6 is 0 Å². The topological polar surface area (TPSA) is 74.7 Å². The van der Waals surface area contributed by atoms with Crippen molar-refractivity contribution in [2.45, 2.75) is 0 Å². The molecule has 0 unspecified atom stereocenters. The number of nitrogens with two attached hydrogens (primary N) is 1. The molecule has 0 fully saturated rings. The number of benzene rings is 1. The summed E-state index contributed by atoms with van der Waals surface area (Å²) in [6.07, 6.45) is 0. The van der Waals surface area contributed by atoms with Crippen LogP contribution in [0.4, 0.5) is 5.95 Å². The molecule has 0 amide bonds. The van der Waals surface area contributed by atoms with E-state index < -0.39 is 0 Å². The molecule has 0 aliphatic carbocycles. The fourth-order valence-electron chi connectivity index (χ4n) is 2.20. The van der Waals surface area contributed by atoms with E-state index in [1.54, 1.807) is 4.52 Å². The molecule has 1 aliphatic heterocycles. The number of ether oxygens (including phenoxy) is 2. The zero-order valence-electron chi connectivity index (χ0n) is 9.91. The molecule has 0 saturated heterocycles. The Morgan fingerprint density at radius 2 is 2.00 bits per heavy atom. The van der Waals surface area contributed by atoms with Crippen molar-refractivity contribution in [3.63, 3.8) is 0 Å². The summed E-state index contributed by atoms with van der Waals surface area (Å²) < 4.78 is 12.4. The van der Waals surface area contributed by atoms with E-state index >= 15 is 0 Å². The smallest absolute Gasteiger partial charge is 0.240 e. The molecule has 3 heterocycles. The van der Waals surface area contributed by atoms with Gasteiger partial charge in [-0.05, 0) is 30.3 Å². The molecule has 0 bridgehead atoms. The number of nitrogens with zero attached hydrogens (tertiary/aromatic N) is 3. The van der Waals surface area contributed by atoms with Gasteiger partial charge in [0.15, 0.2) is 17.1 Å². The molecule has 0 saturated carbocycles. The average Bonchev–Trinajstić information content (AvgIpc) is 3.01. The van der Waals surface area contributed by atoms with Crippen LogP contribution in [-0.4, -0.2) is 21.4 Å². The molecule has 0 radical (unpaired) electrons. The van der Waals surface area contributed by atoms with E-state index in [1.165, 1.54) is 0 Å². The van der Waals surface area contributed by atoms with E-state index in [4.69, 9.17) is 15.2 Å². The molecule has 19 heavy (non-hydrogen) atoms. The molecular weight excluding hydrogens is 244 g/mol. The minimum Gasteiger partial charge on any atom is -0.454 e. The molecular formula is C13H10N4O2. The lowest BCUT2D eigenvalue weighted by Crippen LogP contribution is -1.94. The molecule has 2 N–H and O–H groups in total. The Bertz CT molecular complexity index is 781. The van der Waals surface area contributed by atoms with Gasteiger partial charge < -0.3 is 15.2 Å². The first kappa shape index (κ1) is 10.2. The van der Waals surface area contributed by atoms with Crippen molar-refractivity contribution >= 4 is 11.6 Å². The van der Waals surface area contributed by atoms with Crippen LogP contribution in [0.1, 0.15) is 0 Å². The van der Waals surface area contributed by atoms with Crippen molar-refractivity contribution in [2.24, 2.45) is 0 Å². The minimum atomic E-state index is 0.258. The van der Waals surface area contributed by atoms with Crippen LogP contribution in [0, 0.1) is 0 Å². The Morgan fingerprint density at radius 1 is 1.11 bits per heavy atom. The van der Waals surface area contributed by atoms with Crippen LogP contribution in [0.2, 0.25) is 0 Å². The molecule has 0 spiro atoms. The summed E-state index contributed by atoms with van der Waals surface area (Å²) in [4.78, 5) is 4.15. The normalized spacial score (nSPS) is 13.1. The third kappa shape index (κ3) is 1.50. The maximum atomic E-state index is 5.64. The second kappa shape index (κ2) is 3.61. The Labute approximate surface area is 108 Å². The van der Waals surface area contributed by atoms with E-state index in [-0.39, 0.29) is 12.7 Å². The number of aromatic nitrogens is 3. The largest absolute Gasteiger partial charge is 0.454 e. The van der Waals surface area contributed by atoms with Gasteiger partial charge in [-0.3, -0.25) is 0 Å². The zero-order chi connectivity index (χ0) is 12.8. The number of nitrogen functional groups attached to an aromatic ring is 1. The average molecular weight is 254 g/mol. The fourth-order valence-corrected chi connectivity index (χ4v) is 2.20. The van der Waals surface area contributed by atoms with Crippen molar-refractivity contribution in [2.75, 3.05) is 12.5 Å². The van der Waals surface area contributed by atoms with Gasteiger partial charge in [0, 0.05) is 5.56 Å². The number of fused-ring (bicyclic) bond motifs is 2. The fraction of sp³-hybridized carbons (Fsp3) is 0.0769. The molecule has 6 heteroatoms. The third-order valence-electron chi connectivity index (χ3n) is 3.04. The standard InChI is InChI=1S/C13H10N4O2/c14-13-15-12-3-1-2-9(17(12)16-13)8-4-5-10-11(6-8)19-7-18-10/h1-6H,7H2,(H2,14,16). The van der Waals surface area contributed by atoms with E-state index in [1.807, 2.05) is 36.4 Å². The van der Waals surface area contributed by atoms with Gasteiger partial charge in [-0.1, -0.05) is 6.07 Å². The maximum absolute atomic E-state index is 5.64. The van der Waals surface area contributed by atoms with Gasteiger partial charge >= 0.3 is 0 Å². The number of hydrogen-bond donors (Lipinski definition) is 1. The highest BCUT2D eigenvalue weighted by Gasteiger charge is 2.15. The monoisotopic (exact) mass is 254 g/mol. The van der Waals surface area contributed by atoms with Crippen molar-refractivity contribution in [3.05, 3.63) is 36.4 Å². The highest BCUT2D eigenvalue weighted by Crippen LogP contribution is 2.35. The summed E-state index contributed by atoms with van der Waals surface area (Å²) in [5.74, 6) is 1.75. The second-order valence-electron chi connectivity index (χ2n) is 4.22. The first-order chi connectivity index (χ1) is 9.31. The minimum absolute atomic E-state index is 0.258. The summed E-state index contributed by atoms with van der Waals surface area (Å²) >= 11 is 0. The van der Waals surface area contributed by atoms with Gasteiger partial charge in [0.25, 0.3) is 0 Å². The first-order valence-corrected chi connectivity index (χ1v) is 5.82. The number of rotatable bonds is 1. The molecule has 0 atom stereocenters. The van der Waals surface area contributed by atoms with Gasteiger partial charge in [0.05, 0.1) is 5.69 Å². The van der Waals surface area contributed by atoms with E-state index in [9.17, 15) is 0 Å². The first-order valence-electron chi connectivity index (χ1n) is 5.82. The number of hydrogen-bond acceptors (Lipinski definition) is 5. The Morgan fingerprint density at radius 3 is 2.95 bits per heavy atom. The quantitative estimate of drug-likeness (QED) is 0.715. The van der Waals surface area contributed by atoms with Crippen LogP contribution < -0.4 is 15.2 Å². The Balaban J connectivity index is 1.94. The molecule has 3 aromatic rings. The molecule has 94 valence electrons.